The normalized spacial score (nSPS) is 14.9. The molecule has 0 spiro atoms. The van der Waals surface area contributed by atoms with Crippen molar-refractivity contribution >= 4 is 33.6 Å². The minimum atomic E-state index is -0.946. The molecule has 2 atom stereocenters. The first-order chi connectivity index (χ1) is 14.0. The highest BCUT2D eigenvalue weighted by Crippen LogP contribution is 2.28. The summed E-state index contributed by atoms with van der Waals surface area (Å²) in [5.41, 5.74) is 1.01. The van der Waals surface area contributed by atoms with E-state index >= 15 is 0 Å². The molecule has 6 heteroatoms. The number of pyridine rings is 1. The molecule has 0 amide bonds. The fraction of sp³-hybridized carbons (Fsp3) is 0.261. The van der Waals surface area contributed by atoms with Gasteiger partial charge in [0.1, 0.15) is 5.60 Å². The Kier molecular flexibility index (Phi) is 5.87. The number of para-hydroxylation sites is 1. The van der Waals surface area contributed by atoms with Gasteiger partial charge in [-0.15, -0.1) is 0 Å². The number of benzene rings is 2. The van der Waals surface area contributed by atoms with Crippen LogP contribution >= 0.6 is 11.9 Å². The second-order valence-electron chi connectivity index (χ2n) is 7.66. The summed E-state index contributed by atoms with van der Waals surface area (Å²) in [6.45, 7) is 5.22. The van der Waals surface area contributed by atoms with Gasteiger partial charge in [0, 0.05) is 64.5 Å². The van der Waals surface area contributed by atoms with Gasteiger partial charge in [-0.2, -0.15) is 0 Å². The average Bonchev–Trinajstić information content (AvgIpc) is 3.17. The molecular formula is C23H26N4OS. The average molecular weight is 407 g/mol. The van der Waals surface area contributed by atoms with E-state index < -0.39 is 5.60 Å². The summed E-state index contributed by atoms with van der Waals surface area (Å²) in [4.78, 5) is 8.56. The maximum Gasteiger partial charge on any atom is 0.101 e. The van der Waals surface area contributed by atoms with Crippen molar-refractivity contribution in [1.29, 1.82) is 0 Å². The van der Waals surface area contributed by atoms with E-state index in [1.165, 1.54) is 10.3 Å². The van der Waals surface area contributed by atoms with Crippen LogP contribution in [0.4, 0.5) is 0 Å². The van der Waals surface area contributed by atoms with Crippen molar-refractivity contribution in [3.8, 4) is 0 Å². The van der Waals surface area contributed by atoms with Crippen molar-refractivity contribution in [3.05, 3.63) is 72.7 Å². The number of aromatic nitrogens is 2. The molecule has 4 N–H and O–H groups in total. The largest absolute Gasteiger partial charge is 0.384 e. The monoisotopic (exact) mass is 406 g/mol. The second-order valence-corrected chi connectivity index (χ2v) is 8.57. The lowest BCUT2D eigenvalue weighted by atomic mass is 9.95. The molecule has 0 radical (unpaired) electrons. The Labute approximate surface area is 175 Å². The number of hydrogen-bond acceptors (Lipinski definition) is 5. The molecule has 0 aliphatic rings. The number of aromatic amines is 1. The predicted octanol–water partition coefficient (Wildman–Crippen LogP) is 4.20. The van der Waals surface area contributed by atoms with E-state index in [4.69, 9.17) is 0 Å². The number of hydrogen-bond donors (Lipinski definition) is 4. The number of rotatable bonds is 8. The highest BCUT2D eigenvalue weighted by atomic mass is 32.2. The molecule has 0 aliphatic heterocycles. The van der Waals surface area contributed by atoms with Gasteiger partial charge >= 0.3 is 0 Å². The van der Waals surface area contributed by atoms with Crippen LogP contribution in [0.15, 0.2) is 72.0 Å². The van der Waals surface area contributed by atoms with Crippen LogP contribution < -0.4 is 10.0 Å². The van der Waals surface area contributed by atoms with E-state index in [1.54, 1.807) is 11.9 Å². The van der Waals surface area contributed by atoms with Crippen molar-refractivity contribution in [2.75, 3.05) is 13.1 Å². The SMILES string of the molecule is C[C@H](CNCC(C)(O)c1c[nH]c2ccccc12)NSc1ccc2cnccc2c1. The van der Waals surface area contributed by atoms with Crippen LogP contribution in [0, 0.1) is 0 Å². The van der Waals surface area contributed by atoms with Crippen LogP contribution in [-0.2, 0) is 5.60 Å². The summed E-state index contributed by atoms with van der Waals surface area (Å²) in [6, 6.07) is 16.7. The van der Waals surface area contributed by atoms with Crippen molar-refractivity contribution in [1.82, 2.24) is 20.0 Å². The molecule has 0 bridgehead atoms. The van der Waals surface area contributed by atoms with Crippen LogP contribution in [0.1, 0.15) is 19.4 Å². The van der Waals surface area contributed by atoms with Crippen LogP contribution in [0.3, 0.4) is 0 Å². The van der Waals surface area contributed by atoms with Crippen molar-refractivity contribution in [2.45, 2.75) is 30.4 Å². The third-order valence-electron chi connectivity index (χ3n) is 5.08. The number of aliphatic hydroxyl groups is 1. The maximum absolute atomic E-state index is 11.0. The Bertz CT molecular complexity index is 1110. The number of nitrogens with one attached hydrogen (secondary N) is 3. The highest BCUT2D eigenvalue weighted by Gasteiger charge is 2.26. The molecule has 29 heavy (non-hydrogen) atoms. The molecular weight excluding hydrogens is 380 g/mol. The third kappa shape index (κ3) is 4.62. The summed E-state index contributed by atoms with van der Waals surface area (Å²) < 4.78 is 3.46. The Morgan fingerprint density at radius 3 is 2.93 bits per heavy atom. The van der Waals surface area contributed by atoms with Crippen molar-refractivity contribution < 1.29 is 5.11 Å². The molecule has 2 aromatic carbocycles. The smallest absolute Gasteiger partial charge is 0.101 e. The van der Waals surface area contributed by atoms with Crippen LogP contribution in [0.25, 0.3) is 21.7 Å². The number of fused-ring (bicyclic) bond motifs is 2. The Balaban J connectivity index is 1.29. The molecule has 4 rings (SSSR count). The van der Waals surface area contributed by atoms with Gasteiger partial charge < -0.3 is 15.4 Å². The van der Waals surface area contributed by atoms with Gasteiger partial charge in [-0.25, -0.2) is 0 Å². The van der Waals surface area contributed by atoms with E-state index in [0.29, 0.717) is 6.54 Å². The fourth-order valence-corrected chi connectivity index (χ4v) is 4.22. The van der Waals surface area contributed by atoms with Gasteiger partial charge in [0.15, 0.2) is 0 Å². The lowest BCUT2D eigenvalue weighted by Gasteiger charge is -2.25. The lowest BCUT2D eigenvalue weighted by molar-refractivity contribution is 0.0584. The Morgan fingerprint density at radius 1 is 1.17 bits per heavy atom. The summed E-state index contributed by atoms with van der Waals surface area (Å²) in [7, 11) is 0. The molecule has 0 saturated heterocycles. The highest BCUT2D eigenvalue weighted by molar-refractivity contribution is 7.97. The molecule has 2 aromatic heterocycles. The van der Waals surface area contributed by atoms with Crippen LogP contribution in [0.2, 0.25) is 0 Å². The molecule has 0 aliphatic carbocycles. The Hall–Kier alpha value is -2.38. The first-order valence-electron chi connectivity index (χ1n) is 9.79. The molecule has 1 unspecified atom stereocenters. The van der Waals surface area contributed by atoms with Gasteiger partial charge in [0.2, 0.25) is 0 Å². The first kappa shape index (κ1) is 19.9. The van der Waals surface area contributed by atoms with Crippen molar-refractivity contribution in [3.63, 3.8) is 0 Å². The lowest BCUT2D eigenvalue weighted by Crippen LogP contribution is -2.40. The minimum Gasteiger partial charge on any atom is -0.384 e. The van der Waals surface area contributed by atoms with Gasteiger partial charge in [0.25, 0.3) is 0 Å². The van der Waals surface area contributed by atoms with Gasteiger partial charge in [-0.1, -0.05) is 24.3 Å². The summed E-state index contributed by atoms with van der Waals surface area (Å²) in [5.74, 6) is 0. The number of H-pyrrole nitrogens is 1. The van der Waals surface area contributed by atoms with E-state index in [1.807, 2.05) is 55.8 Å². The zero-order valence-corrected chi connectivity index (χ0v) is 17.5. The number of nitrogens with zero attached hydrogens (tertiary/aromatic N) is 1. The quantitative estimate of drug-likeness (QED) is 0.330. The minimum absolute atomic E-state index is 0.243. The van der Waals surface area contributed by atoms with Gasteiger partial charge in [-0.3, -0.25) is 9.71 Å². The first-order valence-corrected chi connectivity index (χ1v) is 10.6. The molecule has 0 fully saturated rings. The van der Waals surface area contributed by atoms with E-state index in [2.05, 4.69) is 45.1 Å². The van der Waals surface area contributed by atoms with Gasteiger partial charge in [0.05, 0.1) is 0 Å². The molecule has 4 aromatic rings. The second kappa shape index (κ2) is 8.55. The topological polar surface area (TPSA) is 73.0 Å². The molecule has 0 saturated carbocycles. The summed E-state index contributed by atoms with van der Waals surface area (Å²) in [5, 5.41) is 17.8. The standard InChI is InChI=1S/C23H26N4OS/c1-16(27-29-19-8-7-18-13-24-10-9-17(18)11-19)12-25-15-23(2,28)21-14-26-22-6-4-3-5-20(21)22/h3-11,13-14,16,25-28H,12,15H2,1-2H3/t16-,23?/m1/s1. The van der Waals surface area contributed by atoms with E-state index in [-0.39, 0.29) is 6.04 Å². The van der Waals surface area contributed by atoms with Crippen LogP contribution in [-0.4, -0.2) is 34.2 Å². The summed E-state index contributed by atoms with van der Waals surface area (Å²) in [6.07, 6.45) is 5.60. The zero-order chi connectivity index (χ0) is 20.3. The predicted molar refractivity (Wildman–Crippen MR) is 121 cm³/mol. The zero-order valence-electron chi connectivity index (χ0n) is 16.6. The molecule has 2 heterocycles. The Morgan fingerprint density at radius 2 is 2.03 bits per heavy atom. The third-order valence-corrected chi connectivity index (χ3v) is 6.09. The summed E-state index contributed by atoms with van der Waals surface area (Å²) >= 11 is 1.62. The van der Waals surface area contributed by atoms with Crippen LogP contribution in [0.5, 0.6) is 0 Å². The van der Waals surface area contributed by atoms with Gasteiger partial charge in [-0.05, 0) is 55.4 Å². The fourth-order valence-electron chi connectivity index (χ4n) is 3.48. The van der Waals surface area contributed by atoms with E-state index in [0.717, 1.165) is 28.4 Å². The maximum atomic E-state index is 11.0. The molecule has 150 valence electrons. The molecule has 5 nitrogen and oxygen atoms in total. The van der Waals surface area contributed by atoms with Crippen molar-refractivity contribution in [2.24, 2.45) is 0 Å². The van der Waals surface area contributed by atoms with E-state index in [9.17, 15) is 5.11 Å².